The van der Waals surface area contributed by atoms with Gasteiger partial charge in [0, 0.05) is 38.3 Å². The number of piperazine rings is 1. The number of amides is 2. The molecule has 0 bridgehead atoms. The van der Waals surface area contributed by atoms with Gasteiger partial charge in [0.2, 0.25) is 0 Å². The van der Waals surface area contributed by atoms with Crippen LogP contribution in [0.15, 0.2) is 54.9 Å². The summed E-state index contributed by atoms with van der Waals surface area (Å²) in [6.07, 6.45) is 7.56. The maximum Gasteiger partial charge on any atom is 0.254 e. The van der Waals surface area contributed by atoms with Crippen LogP contribution < -0.4 is 0 Å². The number of imidazole rings is 1. The number of hydrogen-bond donors (Lipinski definition) is 1. The highest BCUT2D eigenvalue weighted by molar-refractivity contribution is 5.95. The van der Waals surface area contributed by atoms with Crippen LogP contribution in [-0.4, -0.2) is 74.2 Å². The molecule has 174 valence electrons. The quantitative estimate of drug-likeness (QED) is 0.540. The third-order valence-electron chi connectivity index (χ3n) is 6.46. The van der Waals surface area contributed by atoms with Gasteiger partial charge in [0.05, 0.1) is 17.4 Å². The number of benzene rings is 1. The van der Waals surface area contributed by atoms with E-state index in [9.17, 15) is 19.1 Å². The van der Waals surface area contributed by atoms with Gasteiger partial charge >= 0.3 is 0 Å². The van der Waals surface area contributed by atoms with Crippen molar-refractivity contribution in [2.24, 2.45) is 7.05 Å². The van der Waals surface area contributed by atoms with Gasteiger partial charge in [0.25, 0.3) is 11.8 Å². The predicted octanol–water partition coefficient (Wildman–Crippen LogP) is 2.62. The molecule has 1 saturated heterocycles. The van der Waals surface area contributed by atoms with E-state index in [1.165, 1.54) is 6.08 Å². The molecule has 2 amide bonds. The lowest BCUT2D eigenvalue weighted by Crippen LogP contribution is -2.58. The van der Waals surface area contributed by atoms with Crippen LogP contribution in [-0.2, 0) is 16.6 Å². The summed E-state index contributed by atoms with van der Waals surface area (Å²) >= 11 is 0. The largest absolute Gasteiger partial charge is 0.380 e. The van der Waals surface area contributed by atoms with Gasteiger partial charge in [0.15, 0.2) is 0 Å². The fraction of sp³-hybridized carbons (Fsp3) is 0.400. The maximum absolute atomic E-state index is 13.8. The first-order valence-corrected chi connectivity index (χ1v) is 11.1. The number of rotatable bonds is 6. The average Bonchev–Trinajstić information content (AvgIpc) is 3.47. The Bertz CT molecular complexity index is 1160. The first-order valence-electron chi connectivity index (χ1n) is 11.1. The number of alkyl halides is 1. The molecule has 0 radical (unpaired) electrons. The van der Waals surface area contributed by atoms with E-state index in [0.717, 1.165) is 22.2 Å². The van der Waals surface area contributed by atoms with Crippen LogP contribution in [0.2, 0.25) is 0 Å². The van der Waals surface area contributed by atoms with Gasteiger partial charge in [-0.05, 0) is 43.0 Å². The van der Waals surface area contributed by atoms with Crippen molar-refractivity contribution >= 4 is 28.4 Å². The lowest BCUT2D eigenvalue weighted by atomic mass is 10.0. The number of nitrogens with zero attached hydrogens (tertiary/aromatic N) is 4. The molecule has 2 aromatic rings. The van der Waals surface area contributed by atoms with E-state index >= 15 is 0 Å². The number of aromatic nitrogens is 2. The molecule has 33 heavy (non-hydrogen) atoms. The smallest absolute Gasteiger partial charge is 0.254 e. The Labute approximate surface area is 192 Å². The Hall–Kier alpha value is -3.26. The number of carbonyl (C=O) groups excluding carboxylic acids is 2. The molecule has 1 aromatic heterocycles. The molecule has 7 nitrogen and oxygen atoms in total. The zero-order chi connectivity index (χ0) is 23.8. The van der Waals surface area contributed by atoms with Gasteiger partial charge in [-0.15, -0.1) is 0 Å². The maximum atomic E-state index is 13.8. The highest BCUT2D eigenvalue weighted by Crippen LogP contribution is 2.37. The van der Waals surface area contributed by atoms with Crippen LogP contribution >= 0.6 is 0 Å². The second-order valence-corrected chi connectivity index (χ2v) is 8.84. The van der Waals surface area contributed by atoms with Gasteiger partial charge < -0.3 is 19.5 Å². The van der Waals surface area contributed by atoms with Crippen LogP contribution in [0.5, 0.6) is 0 Å². The third-order valence-corrected chi connectivity index (χ3v) is 6.46. The van der Waals surface area contributed by atoms with E-state index in [2.05, 4.69) is 11.6 Å². The van der Waals surface area contributed by atoms with E-state index in [1.54, 1.807) is 28.3 Å². The monoisotopic (exact) mass is 452 g/mol. The molecular weight excluding hydrogens is 423 g/mol. The molecule has 8 heteroatoms. The molecule has 2 fully saturated rings. The molecular formula is C25H29FN4O3. The number of aryl methyl sites for hydroxylation is 1. The highest BCUT2D eigenvalue weighted by Gasteiger charge is 2.51. The zero-order valence-electron chi connectivity index (χ0n) is 19.0. The average molecular weight is 453 g/mol. The summed E-state index contributed by atoms with van der Waals surface area (Å²) in [5, 5.41) is 10.1. The van der Waals surface area contributed by atoms with Crippen molar-refractivity contribution in [2.75, 3.05) is 26.3 Å². The summed E-state index contributed by atoms with van der Waals surface area (Å²) in [5.41, 5.74) is 2.28. The summed E-state index contributed by atoms with van der Waals surface area (Å²) in [5.74, 6) is -0.659. The number of allylic oxidation sites excluding steroid dienone is 4. The molecule has 1 aliphatic carbocycles. The molecule has 4 rings (SSSR count). The standard InChI is InChI=1S/C25H29FN4O3/c1-4-18(19-7-8-22-21(13-19)27-16-28(22)3)5-6-20(14-26)23(31)29-11-12-30(17(2)15-29)24(32)25(33)9-10-25/h4-8,13,16-17,33H,1,9-12,14-15H2,2-3H3/b18-5+,20-6+/t17-/m0/s1. The minimum atomic E-state index is -1.23. The van der Waals surface area contributed by atoms with Crippen molar-refractivity contribution in [3.8, 4) is 0 Å². The first-order chi connectivity index (χ1) is 15.8. The molecule has 2 heterocycles. The fourth-order valence-corrected chi connectivity index (χ4v) is 4.21. The van der Waals surface area contributed by atoms with Crippen molar-refractivity contribution in [3.63, 3.8) is 0 Å². The highest BCUT2D eigenvalue weighted by atomic mass is 19.1. The molecule has 1 aromatic carbocycles. The van der Waals surface area contributed by atoms with Crippen molar-refractivity contribution in [2.45, 2.75) is 31.4 Å². The van der Waals surface area contributed by atoms with Crippen LogP contribution in [0.1, 0.15) is 25.3 Å². The number of aliphatic hydroxyl groups is 1. The number of carbonyl (C=O) groups is 2. The van der Waals surface area contributed by atoms with Crippen LogP contribution in [0.25, 0.3) is 16.6 Å². The van der Waals surface area contributed by atoms with E-state index in [-0.39, 0.29) is 23.4 Å². The summed E-state index contributed by atoms with van der Waals surface area (Å²) in [7, 11) is 1.92. The zero-order valence-corrected chi connectivity index (χ0v) is 19.0. The van der Waals surface area contributed by atoms with E-state index in [1.807, 2.05) is 36.7 Å². The van der Waals surface area contributed by atoms with Crippen LogP contribution in [0.4, 0.5) is 4.39 Å². The normalized spacial score (nSPS) is 20.8. The summed E-state index contributed by atoms with van der Waals surface area (Å²) in [4.78, 5) is 33.0. The minimum absolute atomic E-state index is 0.0427. The number of hydrogen-bond acceptors (Lipinski definition) is 4. The first kappa shape index (κ1) is 22.9. The topological polar surface area (TPSA) is 78.7 Å². The number of halogens is 1. The molecule has 1 aliphatic heterocycles. The molecule has 2 aliphatic rings. The molecule has 1 saturated carbocycles. The Morgan fingerprint density at radius 1 is 1.30 bits per heavy atom. The van der Waals surface area contributed by atoms with Gasteiger partial charge in [-0.2, -0.15) is 0 Å². The van der Waals surface area contributed by atoms with Gasteiger partial charge in [-0.25, -0.2) is 9.37 Å². The van der Waals surface area contributed by atoms with Crippen molar-refractivity contribution in [3.05, 3.63) is 60.5 Å². The third kappa shape index (κ3) is 4.48. The molecule has 1 atom stereocenters. The lowest BCUT2D eigenvalue weighted by Gasteiger charge is -2.41. The van der Waals surface area contributed by atoms with Crippen molar-refractivity contribution < 1.29 is 19.1 Å². The van der Waals surface area contributed by atoms with Crippen molar-refractivity contribution in [1.29, 1.82) is 0 Å². The minimum Gasteiger partial charge on any atom is -0.380 e. The molecule has 1 N–H and O–H groups in total. The Balaban J connectivity index is 1.49. The fourth-order valence-electron chi connectivity index (χ4n) is 4.21. The second kappa shape index (κ2) is 8.94. The Morgan fingerprint density at radius 2 is 2.06 bits per heavy atom. The van der Waals surface area contributed by atoms with E-state index < -0.39 is 12.3 Å². The summed E-state index contributed by atoms with van der Waals surface area (Å²) < 4.78 is 15.7. The Morgan fingerprint density at radius 3 is 2.70 bits per heavy atom. The van der Waals surface area contributed by atoms with Crippen LogP contribution in [0.3, 0.4) is 0 Å². The van der Waals surface area contributed by atoms with Gasteiger partial charge in [0.1, 0.15) is 12.3 Å². The van der Waals surface area contributed by atoms with E-state index in [0.29, 0.717) is 32.5 Å². The van der Waals surface area contributed by atoms with Crippen LogP contribution in [0, 0.1) is 0 Å². The lowest BCUT2D eigenvalue weighted by molar-refractivity contribution is -0.149. The molecule has 0 spiro atoms. The molecule has 0 unspecified atom stereocenters. The Kier molecular flexibility index (Phi) is 6.21. The van der Waals surface area contributed by atoms with Crippen molar-refractivity contribution in [1.82, 2.24) is 19.4 Å². The number of fused-ring (bicyclic) bond motifs is 1. The van der Waals surface area contributed by atoms with E-state index in [4.69, 9.17) is 0 Å². The SMILES string of the molecule is C=C/C(=C\C=C(/CF)C(=O)N1CCN(C(=O)C2(O)CC2)[C@@H](C)C1)c1ccc2c(c1)ncn2C. The van der Waals surface area contributed by atoms with Gasteiger partial charge in [-0.1, -0.05) is 30.9 Å². The summed E-state index contributed by atoms with van der Waals surface area (Å²) in [6, 6.07) is 5.58. The summed E-state index contributed by atoms with van der Waals surface area (Å²) in [6.45, 7) is 5.72. The second-order valence-electron chi connectivity index (χ2n) is 8.84. The predicted molar refractivity (Wildman–Crippen MR) is 125 cm³/mol. The van der Waals surface area contributed by atoms with Gasteiger partial charge in [-0.3, -0.25) is 9.59 Å².